The minimum Gasteiger partial charge on any atom is -0.497 e. The van der Waals surface area contributed by atoms with Crippen molar-refractivity contribution in [1.29, 1.82) is 0 Å². The second-order valence-corrected chi connectivity index (χ2v) is 6.99. The van der Waals surface area contributed by atoms with Gasteiger partial charge in [-0.15, -0.1) is 0 Å². The Morgan fingerprint density at radius 2 is 1.77 bits per heavy atom. The Kier molecular flexibility index (Phi) is 8.83. The lowest BCUT2D eigenvalue weighted by molar-refractivity contribution is -0.123. The molecule has 2 aromatic rings. The highest BCUT2D eigenvalue weighted by molar-refractivity contribution is 7.80. The summed E-state index contributed by atoms with van der Waals surface area (Å²) in [6.45, 7) is 3.91. The molecule has 0 saturated carbocycles. The predicted molar refractivity (Wildman–Crippen MR) is 120 cm³/mol. The Morgan fingerprint density at radius 1 is 1.07 bits per heavy atom. The zero-order valence-corrected chi connectivity index (χ0v) is 17.9. The highest BCUT2D eigenvalue weighted by atomic mass is 32.1. The number of hydrogen-bond acceptors (Lipinski definition) is 5. The molecule has 0 fully saturated rings. The van der Waals surface area contributed by atoms with Gasteiger partial charge in [0, 0.05) is 6.08 Å². The predicted octanol–water partition coefficient (Wildman–Crippen LogP) is 2.93. The molecule has 0 aliphatic heterocycles. The monoisotopic (exact) mass is 427 g/mol. The van der Waals surface area contributed by atoms with Gasteiger partial charge < -0.3 is 9.47 Å². The fourth-order valence-electron chi connectivity index (χ4n) is 2.47. The van der Waals surface area contributed by atoms with E-state index in [1.165, 1.54) is 6.08 Å². The SMILES string of the molecule is COc1ccc(C=CC(=O)NC(=S)NNC(=O)COc2ccccc2C(C)C)cc1. The molecule has 3 N–H and O–H groups in total. The lowest BCUT2D eigenvalue weighted by Crippen LogP contribution is -2.49. The van der Waals surface area contributed by atoms with Crippen molar-refractivity contribution in [3.63, 3.8) is 0 Å². The Bertz CT molecular complexity index is 911. The van der Waals surface area contributed by atoms with E-state index in [1.54, 1.807) is 25.3 Å². The first-order valence-electron chi connectivity index (χ1n) is 9.32. The van der Waals surface area contributed by atoms with E-state index in [0.717, 1.165) is 16.9 Å². The van der Waals surface area contributed by atoms with E-state index in [1.807, 2.05) is 50.2 Å². The number of carbonyl (C=O) groups is 2. The average Bonchev–Trinajstić information content (AvgIpc) is 2.75. The summed E-state index contributed by atoms with van der Waals surface area (Å²) in [5.74, 6) is 0.798. The van der Waals surface area contributed by atoms with Gasteiger partial charge in [0.25, 0.3) is 5.91 Å². The van der Waals surface area contributed by atoms with Gasteiger partial charge in [-0.25, -0.2) is 0 Å². The molecule has 30 heavy (non-hydrogen) atoms. The molecule has 7 nitrogen and oxygen atoms in total. The third-order valence-corrected chi connectivity index (χ3v) is 4.20. The number of thiocarbonyl (C=S) groups is 1. The maximum atomic E-state index is 12.0. The normalized spacial score (nSPS) is 10.5. The van der Waals surface area contributed by atoms with Gasteiger partial charge in [-0.3, -0.25) is 25.8 Å². The molecular weight excluding hydrogens is 402 g/mol. The molecule has 0 aliphatic carbocycles. The molecule has 0 spiro atoms. The fourth-order valence-corrected chi connectivity index (χ4v) is 2.62. The number of nitrogens with one attached hydrogen (secondary N) is 3. The Balaban J connectivity index is 1.73. The minimum absolute atomic E-state index is 0.0321. The van der Waals surface area contributed by atoms with Crippen LogP contribution in [0.1, 0.15) is 30.9 Å². The molecular formula is C22H25N3O4S. The molecule has 0 bridgehead atoms. The molecule has 0 aromatic heterocycles. The number of hydrogen-bond donors (Lipinski definition) is 3. The van der Waals surface area contributed by atoms with Gasteiger partial charge in [-0.2, -0.15) is 0 Å². The van der Waals surface area contributed by atoms with Crippen molar-refractivity contribution < 1.29 is 19.1 Å². The number of benzene rings is 2. The summed E-state index contributed by atoms with van der Waals surface area (Å²) >= 11 is 5.00. The Hall–Kier alpha value is -3.39. The summed E-state index contributed by atoms with van der Waals surface area (Å²) in [4.78, 5) is 23.9. The van der Waals surface area contributed by atoms with Crippen molar-refractivity contribution in [1.82, 2.24) is 16.2 Å². The quantitative estimate of drug-likeness (QED) is 0.358. The van der Waals surface area contributed by atoms with E-state index < -0.39 is 11.8 Å². The number of ether oxygens (including phenoxy) is 2. The standard InChI is InChI=1S/C22H25N3O4S/c1-15(2)18-6-4-5-7-19(18)29-14-21(27)24-25-22(30)23-20(26)13-10-16-8-11-17(28-3)12-9-16/h4-13,15H,14H2,1-3H3,(H,24,27)(H2,23,25,26,30). The van der Waals surface area contributed by atoms with Crippen LogP contribution >= 0.6 is 12.2 Å². The molecule has 0 atom stereocenters. The number of methoxy groups -OCH3 is 1. The van der Waals surface area contributed by atoms with Crippen LogP contribution in [0.5, 0.6) is 11.5 Å². The lowest BCUT2D eigenvalue weighted by Gasteiger charge is -2.14. The van der Waals surface area contributed by atoms with Crippen LogP contribution in [0, 0.1) is 0 Å². The zero-order chi connectivity index (χ0) is 21.9. The minimum atomic E-state index is -0.432. The summed E-state index contributed by atoms with van der Waals surface area (Å²) in [7, 11) is 1.59. The van der Waals surface area contributed by atoms with Crippen LogP contribution in [0.2, 0.25) is 0 Å². The van der Waals surface area contributed by atoms with Crippen molar-refractivity contribution in [2.24, 2.45) is 0 Å². The van der Waals surface area contributed by atoms with Crippen molar-refractivity contribution >= 4 is 35.2 Å². The van der Waals surface area contributed by atoms with Crippen LogP contribution in [-0.2, 0) is 9.59 Å². The molecule has 158 valence electrons. The van der Waals surface area contributed by atoms with E-state index in [0.29, 0.717) is 5.75 Å². The summed E-state index contributed by atoms with van der Waals surface area (Å²) in [5, 5.41) is 2.41. The van der Waals surface area contributed by atoms with Gasteiger partial charge in [-0.05, 0) is 53.5 Å². The summed E-state index contributed by atoms with van der Waals surface area (Å²) < 4.78 is 10.7. The maximum Gasteiger partial charge on any atom is 0.276 e. The second-order valence-electron chi connectivity index (χ2n) is 6.58. The van der Waals surface area contributed by atoms with Gasteiger partial charge in [0.15, 0.2) is 11.7 Å². The third-order valence-electron chi connectivity index (χ3n) is 3.99. The average molecular weight is 428 g/mol. The topological polar surface area (TPSA) is 88.7 Å². The molecule has 0 heterocycles. The van der Waals surface area contributed by atoms with Gasteiger partial charge in [0.2, 0.25) is 5.91 Å². The fraction of sp³-hybridized carbons (Fsp3) is 0.227. The van der Waals surface area contributed by atoms with E-state index in [4.69, 9.17) is 21.7 Å². The number of rotatable bonds is 7. The van der Waals surface area contributed by atoms with E-state index in [2.05, 4.69) is 16.2 Å². The van der Waals surface area contributed by atoms with Crippen LogP contribution in [0.15, 0.2) is 54.6 Å². The third kappa shape index (κ3) is 7.56. The van der Waals surface area contributed by atoms with Crippen LogP contribution < -0.4 is 25.6 Å². The smallest absolute Gasteiger partial charge is 0.276 e. The molecule has 2 aromatic carbocycles. The molecule has 2 rings (SSSR count). The van der Waals surface area contributed by atoms with Crippen LogP contribution in [-0.4, -0.2) is 30.6 Å². The van der Waals surface area contributed by atoms with Crippen molar-refractivity contribution in [2.45, 2.75) is 19.8 Å². The molecule has 0 saturated heterocycles. The first kappa shape index (κ1) is 22.9. The van der Waals surface area contributed by atoms with Gasteiger partial charge in [0.1, 0.15) is 11.5 Å². The second kappa shape index (κ2) is 11.6. The summed E-state index contributed by atoms with van der Waals surface area (Å²) in [5.41, 5.74) is 6.70. The molecule has 2 amide bonds. The van der Waals surface area contributed by atoms with E-state index >= 15 is 0 Å². The highest BCUT2D eigenvalue weighted by Gasteiger charge is 2.09. The van der Waals surface area contributed by atoms with E-state index in [-0.39, 0.29) is 17.6 Å². The van der Waals surface area contributed by atoms with Crippen molar-refractivity contribution in [3.05, 3.63) is 65.7 Å². The van der Waals surface area contributed by atoms with Gasteiger partial charge in [-0.1, -0.05) is 44.2 Å². The zero-order valence-electron chi connectivity index (χ0n) is 17.1. The lowest BCUT2D eigenvalue weighted by atomic mass is 10.0. The van der Waals surface area contributed by atoms with Gasteiger partial charge in [0.05, 0.1) is 7.11 Å². The molecule has 8 heteroatoms. The number of carbonyl (C=O) groups excluding carboxylic acids is 2. The molecule has 0 unspecified atom stereocenters. The largest absolute Gasteiger partial charge is 0.497 e. The first-order valence-corrected chi connectivity index (χ1v) is 9.73. The van der Waals surface area contributed by atoms with Crippen LogP contribution in [0.3, 0.4) is 0 Å². The van der Waals surface area contributed by atoms with E-state index in [9.17, 15) is 9.59 Å². The highest BCUT2D eigenvalue weighted by Crippen LogP contribution is 2.25. The van der Waals surface area contributed by atoms with Crippen LogP contribution in [0.25, 0.3) is 6.08 Å². The maximum absolute atomic E-state index is 12.0. The summed E-state index contributed by atoms with van der Waals surface area (Å²) in [6, 6.07) is 14.8. The number of para-hydroxylation sites is 1. The van der Waals surface area contributed by atoms with Crippen molar-refractivity contribution in [3.8, 4) is 11.5 Å². The molecule has 0 radical (unpaired) electrons. The Labute approximate surface area is 181 Å². The van der Waals surface area contributed by atoms with Crippen molar-refractivity contribution in [2.75, 3.05) is 13.7 Å². The number of amides is 2. The number of hydrazine groups is 1. The van der Waals surface area contributed by atoms with Crippen LogP contribution in [0.4, 0.5) is 0 Å². The Morgan fingerprint density at radius 3 is 2.43 bits per heavy atom. The first-order chi connectivity index (χ1) is 14.4. The summed E-state index contributed by atoms with van der Waals surface area (Å²) in [6.07, 6.45) is 2.97. The van der Waals surface area contributed by atoms with Gasteiger partial charge >= 0.3 is 0 Å². The molecule has 0 aliphatic rings.